The van der Waals surface area contributed by atoms with Crippen LogP contribution in [0.2, 0.25) is 0 Å². The first-order chi connectivity index (χ1) is 11.7. The largest absolute Gasteiger partial charge is 0.352 e. The first-order valence-corrected chi connectivity index (χ1v) is 9.04. The van der Waals surface area contributed by atoms with Gasteiger partial charge in [-0.2, -0.15) is 0 Å². The number of anilines is 1. The van der Waals surface area contributed by atoms with E-state index in [0.29, 0.717) is 12.6 Å². The molecule has 134 valence electrons. The van der Waals surface area contributed by atoms with Crippen LogP contribution in [0.5, 0.6) is 0 Å². The van der Waals surface area contributed by atoms with Gasteiger partial charge in [0.15, 0.2) is 11.6 Å². The van der Waals surface area contributed by atoms with Gasteiger partial charge in [-0.3, -0.25) is 9.52 Å². The summed E-state index contributed by atoms with van der Waals surface area (Å²) in [6, 6.07) is 8.30. The van der Waals surface area contributed by atoms with E-state index in [4.69, 9.17) is 0 Å². The molecule has 0 unspecified atom stereocenters. The maximum absolute atomic E-state index is 13.3. The summed E-state index contributed by atoms with van der Waals surface area (Å²) in [5.41, 5.74) is 0.183. The molecule has 2 aromatic carbocycles. The Balaban J connectivity index is 2.30. The Bertz CT molecular complexity index is 883. The zero-order valence-corrected chi connectivity index (χ0v) is 14.5. The molecule has 0 atom stereocenters. The van der Waals surface area contributed by atoms with Crippen LogP contribution in [0.1, 0.15) is 24.2 Å². The minimum atomic E-state index is -4.18. The van der Waals surface area contributed by atoms with Gasteiger partial charge in [-0.25, -0.2) is 17.2 Å². The van der Waals surface area contributed by atoms with Crippen molar-refractivity contribution in [3.63, 3.8) is 0 Å². The van der Waals surface area contributed by atoms with Crippen molar-refractivity contribution in [2.75, 3.05) is 11.3 Å². The molecule has 0 radical (unpaired) electrons. The summed E-state index contributed by atoms with van der Waals surface area (Å²) < 4.78 is 53.3. The van der Waals surface area contributed by atoms with E-state index in [0.717, 1.165) is 12.1 Å². The molecule has 0 saturated heterocycles. The third-order valence-electron chi connectivity index (χ3n) is 3.29. The minimum absolute atomic E-state index is 0.0495. The molecule has 0 heterocycles. The molecule has 2 aromatic rings. The molecule has 0 aliphatic carbocycles. The normalized spacial score (nSPS) is 11.4. The molecule has 0 aromatic heterocycles. The SMILES string of the molecule is CC(C)CNC(=O)c1ccccc1NS(=O)(=O)c1ccc(F)c(F)c1. The third-order valence-corrected chi connectivity index (χ3v) is 4.65. The molecule has 2 N–H and O–H groups in total. The van der Waals surface area contributed by atoms with E-state index < -0.39 is 32.5 Å². The number of hydrogen-bond acceptors (Lipinski definition) is 3. The lowest BCUT2D eigenvalue weighted by Crippen LogP contribution is -2.28. The van der Waals surface area contributed by atoms with Crippen LogP contribution >= 0.6 is 0 Å². The Hall–Kier alpha value is -2.48. The molecule has 0 fully saturated rings. The molecule has 8 heteroatoms. The number of halogens is 2. The molecule has 25 heavy (non-hydrogen) atoms. The molecule has 2 rings (SSSR count). The Morgan fingerprint density at radius 2 is 1.76 bits per heavy atom. The van der Waals surface area contributed by atoms with Crippen molar-refractivity contribution in [3.05, 3.63) is 59.7 Å². The lowest BCUT2D eigenvalue weighted by atomic mass is 10.1. The Kier molecular flexibility index (Phi) is 5.73. The lowest BCUT2D eigenvalue weighted by Gasteiger charge is -2.13. The summed E-state index contributed by atoms with van der Waals surface area (Å²) >= 11 is 0. The molecule has 0 saturated carbocycles. The van der Waals surface area contributed by atoms with Gasteiger partial charge in [-0.05, 0) is 36.2 Å². The molecular formula is C17H18F2N2O3S. The van der Waals surface area contributed by atoms with Gasteiger partial charge in [0, 0.05) is 6.54 Å². The number of amides is 1. The summed E-state index contributed by atoms with van der Waals surface area (Å²) in [6.07, 6.45) is 0. The van der Waals surface area contributed by atoms with E-state index in [2.05, 4.69) is 10.0 Å². The van der Waals surface area contributed by atoms with Crippen molar-refractivity contribution >= 4 is 21.6 Å². The van der Waals surface area contributed by atoms with Crippen molar-refractivity contribution < 1.29 is 22.0 Å². The first kappa shape index (κ1) is 18.9. The second kappa shape index (κ2) is 7.60. The molecule has 0 aliphatic heterocycles. The van der Waals surface area contributed by atoms with E-state index in [1.54, 1.807) is 12.1 Å². The Morgan fingerprint density at radius 3 is 2.40 bits per heavy atom. The molecule has 0 spiro atoms. The standard InChI is InChI=1S/C17H18F2N2O3S/c1-11(2)10-20-17(22)13-5-3-4-6-16(13)21-25(23,24)12-7-8-14(18)15(19)9-12/h3-9,11,21H,10H2,1-2H3,(H,20,22). The average molecular weight is 368 g/mol. The number of para-hydroxylation sites is 1. The highest BCUT2D eigenvalue weighted by molar-refractivity contribution is 7.92. The Morgan fingerprint density at radius 1 is 1.08 bits per heavy atom. The van der Waals surface area contributed by atoms with Crippen LogP contribution in [0.25, 0.3) is 0 Å². The number of hydrogen-bond donors (Lipinski definition) is 2. The van der Waals surface area contributed by atoms with Gasteiger partial charge >= 0.3 is 0 Å². The zero-order valence-electron chi connectivity index (χ0n) is 13.7. The molecule has 0 aliphatic rings. The van der Waals surface area contributed by atoms with Crippen molar-refractivity contribution in [2.45, 2.75) is 18.7 Å². The van der Waals surface area contributed by atoms with Crippen molar-refractivity contribution in [3.8, 4) is 0 Å². The van der Waals surface area contributed by atoms with Crippen molar-refractivity contribution in [1.29, 1.82) is 0 Å². The summed E-state index contributed by atoms with van der Waals surface area (Å²) in [6.45, 7) is 4.29. The highest BCUT2D eigenvalue weighted by Gasteiger charge is 2.20. The first-order valence-electron chi connectivity index (χ1n) is 7.56. The maximum Gasteiger partial charge on any atom is 0.262 e. The van der Waals surface area contributed by atoms with Crippen LogP contribution < -0.4 is 10.0 Å². The fourth-order valence-electron chi connectivity index (χ4n) is 2.01. The molecule has 1 amide bonds. The van der Waals surface area contributed by atoms with Gasteiger partial charge in [-0.15, -0.1) is 0 Å². The highest BCUT2D eigenvalue weighted by atomic mass is 32.2. The van der Waals surface area contributed by atoms with E-state index in [1.807, 2.05) is 13.8 Å². The predicted octanol–water partition coefficient (Wildman–Crippen LogP) is 3.15. The average Bonchev–Trinajstić information content (AvgIpc) is 2.55. The number of carbonyl (C=O) groups is 1. The van der Waals surface area contributed by atoms with Gasteiger partial charge in [-0.1, -0.05) is 26.0 Å². The third kappa shape index (κ3) is 4.76. The maximum atomic E-state index is 13.3. The summed E-state index contributed by atoms with van der Waals surface area (Å²) in [4.78, 5) is 11.8. The van der Waals surface area contributed by atoms with E-state index in [1.165, 1.54) is 12.1 Å². The quantitative estimate of drug-likeness (QED) is 0.822. The molecule has 5 nitrogen and oxygen atoms in total. The second-order valence-corrected chi connectivity index (χ2v) is 7.51. The lowest BCUT2D eigenvalue weighted by molar-refractivity contribution is 0.0950. The van der Waals surface area contributed by atoms with Gasteiger partial charge in [0.2, 0.25) is 0 Å². The highest BCUT2D eigenvalue weighted by Crippen LogP contribution is 2.21. The molecular weight excluding hydrogens is 350 g/mol. The number of nitrogens with one attached hydrogen (secondary N) is 2. The number of carbonyl (C=O) groups excluding carboxylic acids is 1. The van der Waals surface area contributed by atoms with E-state index in [-0.39, 0.29) is 17.2 Å². The van der Waals surface area contributed by atoms with Crippen LogP contribution in [0, 0.1) is 17.6 Å². The fourth-order valence-corrected chi connectivity index (χ4v) is 3.10. The summed E-state index contributed by atoms with van der Waals surface area (Å²) in [5, 5.41) is 2.70. The Labute approximate surface area is 145 Å². The van der Waals surface area contributed by atoms with Crippen LogP contribution in [0.4, 0.5) is 14.5 Å². The number of rotatable bonds is 6. The smallest absolute Gasteiger partial charge is 0.262 e. The van der Waals surface area contributed by atoms with Crippen LogP contribution in [0.15, 0.2) is 47.4 Å². The minimum Gasteiger partial charge on any atom is -0.352 e. The number of sulfonamides is 1. The monoisotopic (exact) mass is 368 g/mol. The van der Waals surface area contributed by atoms with Gasteiger partial charge < -0.3 is 5.32 Å². The summed E-state index contributed by atoms with van der Waals surface area (Å²) in [5.74, 6) is -2.62. The predicted molar refractivity (Wildman–Crippen MR) is 90.8 cm³/mol. The van der Waals surface area contributed by atoms with Crippen LogP contribution in [-0.2, 0) is 10.0 Å². The second-order valence-electron chi connectivity index (χ2n) is 5.83. The topological polar surface area (TPSA) is 75.3 Å². The van der Waals surface area contributed by atoms with E-state index in [9.17, 15) is 22.0 Å². The van der Waals surface area contributed by atoms with Gasteiger partial charge in [0.05, 0.1) is 16.1 Å². The zero-order chi connectivity index (χ0) is 18.6. The van der Waals surface area contributed by atoms with Gasteiger partial charge in [0.25, 0.3) is 15.9 Å². The van der Waals surface area contributed by atoms with Crippen LogP contribution in [0.3, 0.4) is 0 Å². The van der Waals surface area contributed by atoms with E-state index >= 15 is 0 Å². The van der Waals surface area contributed by atoms with Crippen molar-refractivity contribution in [1.82, 2.24) is 5.32 Å². The summed E-state index contributed by atoms with van der Waals surface area (Å²) in [7, 11) is -4.18. The van der Waals surface area contributed by atoms with Crippen LogP contribution in [-0.4, -0.2) is 20.9 Å². The fraction of sp³-hybridized carbons (Fsp3) is 0.235. The van der Waals surface area contributed by atoms with Gasteiger partial charge in [0.1, 0.15) is 0 Å². The molecule has 0 bridgehead atoms. The number of benzene rings is 2. The van der Waals surface area contributed by atoms with Crippen molar-refractivity contribution in [2.24, 2.45) is 5.92 Å².